The first-order valence-electron chi connectivity index (χ1n) is 14.3. The Labute approximate surface area is 246 Å². The fraction of sp³-hybridized carbons (Fsp3) is 0.257. The van der Waals surface area contributed by atoms with Crippen molar-refractivity contribution in [3.63, 3.8) is 0 Å². The smallest absolute Gasteiger partial charge is 0.325 e. The molecule has 2 atom stereocenters. The Hall–Kier alpha value is -4.78. The summed E-state index contributed by atoms with van der Waals surface area (Å²) in [7, 11) is 1.81. The van der Waals surface area contributed by atoms with Crippen LogP contribution in [0.4, 0.5) is 10.5 Å². The molecule has 214 valence electrons. The number of benzene rings is 4. The zero-order valence-corrected chi connectivity index (χ0v) is 24.2. The van der Waals surface area contributed by atoms with Gasteiger partial charge < -0.3 is 19.7 Å². The van der Waals surface area contributed by atoms with Crippen LogP contribution in [-0.4, -0.2) is 36.2 Å². The molecule has 1 N–H and O–H groups in total. The Balaban J connectivity index is 1.22. The number of anilines is 1. The van der Waals surface area contributed by atoms with Crippen molar-refractivity contribution in [1.82, 2.24) is 10.2 Å². The highest BCUT2D eigenvalue weighted by Gasteiger charge is 2.50. The lowest BCUT2D eigenvalue weighted by Gasteiger charge is -2.50. The predicted octanol–water partition coefficient (Wildman–Crippen LogP) is 6.66. The molecule has 0 aliphatic carbocycles. The van der Waals surface area contributed by atoms with Crippen molar-refractivity contribution in [3.05, 3.63) is 125 Å². The molecule has 7 nitrogen and oxygen atoms in total. The maximum atomic E-state index is 13.5. The first-order valence-corrected chi connectivity index (χ1v) is 14.3. The second-order valence-electron chi connectivity index (χ2n) is 11.3. The Morgan fingerprint density at radius 2 is 1.76 bits per heavy atom. The SMILES string of the molecule is Cc1ccc(CCN(C)C(=O)c2cccc(N3C(=O)NC4CC3(C)Oc3c(OCc5ccccc5)cccc34)c2)cc1. The van der Waals surface area contributed by atoms with Crippen LogP contribution in [0.2, 0.25) is 0 Å². The van der Waals surface area contributed by atoms with E-state index in [1.54, 1.807) is 29.0 Å². The second-order valence-corrected chi connectivity index (χ2v) is 11.3. The molecule has 3 amide bonds. The van der Waals surface area contributed by atoms with Gasteiger partial charge in [0, 0.05) is 31.1 Å². The first kappa shape index (κ1) is 27.4. The van der Waals surface area contributed by atoms with Gasteiger partial charge in [0.15, 0.2) is 17.2 Å². The highest BCUT2D eigenvalue weighted by Crippen LogP contribution is 2.49. The summed E-state index contributed by atoms with van der Waals surface area (Å²) in [4.78, 5) is 30.2. The molecule has 0 saturated carbocycles. The number of amides is 3. The van der Waals surface area contributed by atoms with E-state index in [0.717, 1.165) is 17.5 Å². The molecule has 2 unspecified atom stereocenters. The molecule has 2 aliphatic rings. The maximum absolute atomic E-state index is 13.5. The molecule has 2 aliphatic heterocycles. The molecule has 0 spiro atoms. The van der Waals surface area contributed by atoms with E-state index in [1.807, 2.05) is 67.6 Å². The molecule has 6 rings (SSSR count). The van der Waals surface area contributed by atoms with Gasteiger partial charge in [0.2, 0.25) is 0 Å². The third-order valence-electron chi connectivity index (χ3n) is 8.06. The fourth-order valence-electron chi connectivity index (χ4n) is 5.75. The van der Waals surface area contributed by atoms with Gasteiger partial charge in [-0.2, -0.15) is 0 Å². The van der Waals surface area contributed by atoms with Crippen LogP contribution in [0.3, 0.4) is 0 Å². The minimum Gasteiger partial charge on any atom is -0.485 e. The molecule has 1 fully saturated rings. The molecule has 4 aromatic carbocycles. The molecular formula is C35H35N3O4. The second kappa shape index (κ2) is 11.2. The number of hydrogen-bond donors (Lipinski definition) is 1. The van der Waals surface area contributed by atoms with Crippen LogP contribution in [0.5, 0.6) is 11.5 Å². The number of para-hydroxylation sites is 1. The molecule has 1 saturated heterocycles. The van der Waals surface area contributed by atoms with E-state index in [4.69, 9.17) is 9.47 Å². The number of nitrogens with one attached hydrogen (secondary N) is 1. The normalized spacial score (nSPS) is 18.9. The lowest BCUT2D eigenvalue weighted by atomic mass is 9.89. The van der Waals surface area contributed by atoms with E-state index < -0.39 is 5.72 Å². The van der Waals surface area contributed by atoms with Gasteiger partial charge in [0.05, 0.1) is 11.7 Å². The number of likely N-dealkylation sites (N-methyl/N-ethyl adjacent to an activating group) is 1. The van der Waals surface area contributed by atoms with Crippen molar-refractivity contribution in [2.24, 2.45) is 0 Å². The van der Waals surface area contributed by atoms with E-state index in [-0.39, 0.29) is 18.0 Å². The largest absolute Gasteiger partial charge is 0.485 e. The number of rotatable bonds is 8. The van der Waals surface area contributed by atoms with Crippen LogP contribution in [-0.2, 0) is 13.0 Å². The van der Waals surface area contributed by atoms with Gasteiger partial charge in [-0.1, -0.05) is 78.4 Å². The van der Waals surface area contributed by atoms with Crippen LogP contribution in [0.1, 0.15) is 52.0 Å². The summed E-state index contributed by atoms with van der Waals surface area (Å²) in [6, 6.07) is 30.8. The first-order chi connectivity index (χ1) is 20.3. The highest BCUT2D eigenvalue weighted by atomic mass is 16.5. The molecule has 2 heterocycles. The number of hydrogen-bond acceptors (Lipinski definition) is 4. The number of ether oxygens (including phenoxy) is 2. The number of carbonyl (C=O) groups is 2. The average molecular weight is 562 g/mol. The third-order valence-corrected chi connectivity index (χ3v) is 8.06. The zero-order valence-electron chi connectivity index (χ0n) is 24.2. The number of aryl methyl sites for hydroxylation is 1. The van der Waals surface area contributed by atoms with Gasteiger partial charge >= 0.3 is 6.03 Å². The van der Waals surface area contributed by atoms with Gasteiger partial charge in [-0.3, -0.25) is 9.69 Å². The van der Waals surface area contributed by atoms with Gasteiger partial charge in [-0.05, 0) is 55.7 Å². The summed E-state index contributed by atoms with van der Waals surface area (Å²) in [5.41, 5.74) is 4.47. The number of fused-ring (bicyclic) bond motifs is 4. The summed E-state index contributed by atoms with van der Waals surface area (Å²) < 4.78 is 12.8. The van der Waals surface area contributed by atoms with Gasteiger partial charge in [0.1, 0.15) is 6.61 Å². The van der Waals surface area contributed by atoms with Crippen molar-refractivity contribution >= 4 is 17.6 Å². The van der Waals surface area contributed by atoms with E-state index >= 15 is 0 Å². The van der Waals surface area contributed by atoms with Crippen LogP contribution in [0.25, 0.3) is 0 Å². The quantitative estimate of drug-likeness (QED) is 0.261. The van der Waals surface area contributed by atoms with Crippen LogP contribution >= 0.6 is 0 Å². The van der Waals surface area contributed by atoms with Crippen LogP contribution in [0.15, 0.2) is 97.1 Å². The molecule has 0 aromatic heterocycles. The monoisotopic (exact) mass is 561 g/mol. The summed E-state index contributed by atoms with van der Waals surface area (Å²) in [6.45, 7) is 4.96. The third kappa shape index (κ3) is 5.42. The minimum atomic E-state index is -0.981. The van der Waals surface area contributed by atoms with Crippen molar-refractivity contribution in [1.29, 1.82) is 0 Å². The number of carbonyl (C=O) groups excluding carboxylic acids is 2. The van der Waals surface area contributed by atoms with Crippen molar-refractivity contribution < 1.29 is 19.1 Å². The predicted molar refractivity (Wildman–Crippen MR) is 163 cm³/mol. The Bertz CT molecular complexity index is 1600. The van der Waals surface area contributed by atoms with Gasteiger partial charge in [0.25, 0.3) is 5.91 Å². The molecule has 4 aromatic rings. The molecule has 0 radical (unpaired) electrons. The van der Waals surface area contributed by atoms with Crippen molar-refractivity contribution in [2.45, 2.75) is 45.1 Å². The summed E-state index contributed by atoms with van der Waals surface area (Å²) in [5, 5.41) is 3.15. The van der Waals surface area contributed by atoms with Crippen LogP contribution in [0, 0.1) is 6.92 Å². The van der Waals surface area contributed by atoms with E-state index in [1.165, 1.54) is 11.1 Å². The standard InChI is InChI=1S/C35H35N3O4/c1-24-15-17-25(18-16-24)19-20-37(3)33(39)27-11-7-12-28(21-27)38-34(40)36-30-22-35(38,2)42-32-29(30)13-8-14-31(32)41-23-26-9-5-4-6-10-26/h4-18,21,30H,19-20,22-23H2,1-3H3,(H,36,40). The minimum absolute atomic E-state index is 0.101. The Morgan fingerprint density at radius 3 is 2.55 bits per heavy atom. The highest BCUT2D eigenvalue weighted by molar-refractivity contribution is 5.99. The molecular weight excluding hydrogens is 526 g/mol. The van der Waals surface area contributed by atoms with E-state index in [9.17, 15) is 9.59 Å². The zero-order chi connectivity index (χ0) is 29.3. The maximum Gasteiger partial charge on any atom is 0.325 e. The Kier molecular flexibility index (Phi) is 7.33. The van der Waals surface area contributed by atoms with Gasteiger partial charge in [-0.15, -0.1) is 0 Å². The summed E-state index contributed by atoms with van der Waals surface area (Å²) >= 11 is 0. The number of urea groups is 1. The number of nitrogens with zero attached hydrogens (tertiary/aromatic N) is 2. The molecule has 7 heteroatoms. The molecule has 42 heavy (non-hydrogen) atoms. The van der Waals surface area contributed by atoms with E-state index in [0.29, 0.717) is 42.3 Å². The topological polar surface area (TPSA) is 71.1 Å². The Morgan fingerprint density at radius 1 is 1.00 bits per heavy atom. The fourth-order valence-corrected chi connectivity index (χ4v) is 5.75. The van der Waals surface area contributed by atoms with Crippen molar-refractivity contribution in [2.75, 3.05) is 18.5 Å². The lowest BCUT2D eigenvalue weighted by molar-refractivity contribution is 0.0338. The summed E-state index contributed by atoms with van der Waals surface area (Å²) in [5.74, 6) is 1.15. The molecule has 2 bridgehead atoms. The average Bonchev–Trinajstić information content (AvgIpc) is 2.99. The van der Waals surface area contributed by atoms with Crippen LogP contribution < -0.4 is 19.7 Å². The van der Waals surface area contributed by atoms with E-state index in [2.05, 4.69) is 36.5 Å². The van der Waals surface area contributed by atoms with Gasteiger partial charge in [-0.25, -0.2) is 4.79 Å². The van der Waals surface area contributed by atoms with Crippen molar-refractivity contribution in [3.8, 4) is 11.5 Å². The summed E-state index contributed by atoms with van der Waals surface area (Å²) in [6.07, 6.45) is 1.31. The lowest BCUT2D eigenvalue weighted by Crippen LogP contribution is -2.65.